The molecule has 0 aromatic heterocycles. The monoisotopic (exact) mass is 280 g/mol. The number of fused-ring (bicyclic) bond motifs is 1. The van der Waals surface area contributed by atoms with E-state index in [4.69, 9.17) is 18.0 Å². The van der Waals surface area contributed by atoms with Crippen molar-refractivity contribution < 1.29 is 4.79 Å². The maximum absolute atomic E-state index is 12.6. The van der Waals surface area contributed by atoms with E-state index in [1.165, 1.54) is 25.7 Å². The molecular weight excluding hydrogens is 256 g/mol. The summed E-state index contributed by atoms with van der Waals surface area (Å²) in [4.78, 5) is 15.3. The molecule has 3 nitrogen and oxygen atoms in total. The van der Waals surface area contributed by atoms with E-state index in [1.54, 1.807) is 0 Å². The Kier molecular flexibility index (Phi) is 3.32. The Hall–Kier alpha value is -0.640. The molecule has 1 saturated heterocycles. The zero-order chi connectivity index (χ0) is 13.6. The average molecular weight is 280 g/mol. The molecule has 0 aromatic carbocycles. The van der Waals surface area contributed by atoms with Crippen molar-refractivity contribution in [1.29, 1.82) is 0 Å². The van der Waals surface area contributed by atoms with Crippen molar-refractivity contribution >= 4 is 23.1 Å². The van der Waals surface area contributed by atoms with Gasteiger partial charge in [-0.1, -0.05) is 32.0 Å². The molecule has 106 valence electrons. The largest absolute Gasteiger partial charge is 0.393 e. The minimum atomic E-state index is -0.0393. The molecule has 0 spiro atoms. The van der Waals surface area contributed by atoms with Gasteiger partial charge < -0.3 is 10.6 Å². The quantitative estimate of drug-likeness (QED) is 0.790. The predicted octanol–water partition coefficient (Wildman–Crippen LogP) is 2.34. The number of nitrogens with zero attached hydrogens (tertiary/aromatic N) is 1. The lowest BCUT2D eigenvalue weighted by atomic mass is 9.80. The molecule has 3 aliphatic rings. The molecule has 3 fully saturated rings. The summed E-state index contributed by atoms with van der Waals surface area (Å²) in [7, 11) is 0. The standard InChI is InChI=1S/C15H24N2OS/c1-15(14(16)19)6-8-17(9-7-15)13(18)12-10-4-2-3-5-11(10)12/h10-12H,2-9H2,1H3,(H2,16,19). The summed E-state index contributed by atoms with van der Waals surface area (Å²) in [6.45, 7) is 3.80. The van der Waals surface area contributed by atoms with Crippen LogP contribution in [0.25, 0.3) is 0 Å². The average Bonchev–Trinajstić information content (AvgIpc) is 3.13. The topological polar surface area (TPSA) is 46.3 Å². The highest BCUT2D eigenvalue weighted by atomic mass is 32.1. The Morgan fingerprint density at radius 1 is 1.21 bits per heavy atom. The summed E-state index contributed by atoms with van der Waals surface area (Å²) < 4.78 is 0. The Morgan fingerprint density at radius 2 is 1.74 bits per heavy atom. The van der Waals surface area contributed by atoms with Crippen molar-refractivity contribution in [2.45, 2.75) is 45.4 Å². The normalized spacial score (nSPS) is 36.5. The second-order valence-electron chi connectivity index (χ2n) is 6.89. The van der Waals surface area contributed by atoms with Crippen molar-refractivity contribution in [3.8, 4) is 0 Å². The van der Waals surface area contributed by atoms with Crippen LogP contribution >= 0.6 is 12.2 Å². The van der Waals surface area contributed by atoms with Gasteiger partial charge in [0, 0.05) is 24.4 Å². The van der Waals surface area contributed by atoms with E-state index in [0.29, 0.717) is 28.6 Å². The molecular formula is C15H24N2OS. The van der Waals surface area contributed by atoms with Gasteiger partial charge in [-0.25, -0.2) is 0 Å². The highest BCUT2D eigenvalue weighted by Crippen LogP contribution is 2.56. The van der Waals surface area contributed by atoms with Crippen molar-refractivity contribution in [2.75, 3.05) is 13.1 Å². The van der Waals surface area contributed by atoms with Crippen molar-refractivity contribution in [3.05, 3.63) is 0 Å². The van der Waals surface area contributed by atoms with E-state index in [2.05, 4.69) is 11.8 Å². The Morgan fingerprint density at radius 3 is 2.21 bits per heavy atom. The van der Waals surface area contributed by atoms with Crippen LogP contribution in [0.1, 0.15) is 45.4 Å². The Bertz CT molecular complexity index is 389. The van der Waals surface area contributed by atoms with Crippen LogP contribution < -0.4 is 5.73 Å². The minimum Gasteiger partial charge on any atom is -0.393 e. The van der Waals surface area contributed by atoms with Crippen molar-refractivity contribution in [2.24, 2.45) is 28.9 Å². The van der Waals surface area contributed by atoms with Crippen LogP contribution in [0.4, 0.5) is 0 Å². The lowest BCUT2D eigenvalue weighted by molar-refractivity contribution is -0.134. The summed E-state index contributed by atoms with van der Waals surface area (Å²) in [5, 5.41) is 0. The predicted molar refractivity (Wildman–Crippen MR) is 79.6 cm³/mol. The van der Waals surface area contributed by atoms with Crippen LogP contribution in [0.15, 0.2) is 0 Å². The number of thiocarbonyl (C=S) groups is 1. The third-order valence-electron chi connectivity index (χ3n) is 5.72. The lowest BCUT2D eigenvalue weighted by Crippen LogP contribution is -2.47. The molecule has 1 heterocycles. The first-order chi connectivity index (χ1) is 9.03. The van der Waals surface area contributed by atoms with Gasteiger partial charge in [-0.2, -0.15) is 0 Å². The third-order valence-corrected chi connectivity index (χ3v) is 6.21. The van der Waals surface area contributed by atoms with Crippen molar-refractivity contribution in [1.82, 2.24) is 4.90 Å². The molecule has 0 radical (unpaired) electrons. The second kappa shape index (κ2) is 4.72. The number of carbonyl (C=O) groups is 1. The van der Waals surface area contributed by atoms with Crippen LogP contribution in [0.3, 0.4) is 0 Å². The van der Waals surface area contributed by atoms with Gasteiger partial charge in [-0.05, 0) is 37.5 Å². The van der Waals surface area contributed by atoms with Gasteiger partial charge in [0.25, 0.3) is 0 Å². The molecule has 2 aliphatic carbocycles. The van der Waals surface area contributed by atoms with E-state index in [0.717, 1.165) is 25.9 Å². The van der Waals surface area contributed by atoms with E-state index >= 15 is 0 Å². The first-order valence-corrected chi connectivity index (χ1v) is 8.02. The molecule has 2 N–H and O–H groups in total. The zero-order valence-corrected chi connectivity index (χ0v) is 12.5. The van der Waals surface area contributed by atoms with Crippen LogP contribution in [-0.2, 0) is 4.79 Å². The molecule has 0 aromatic rings. The van der Waals surface area contributed by atoms with Gasteiger partial charge in [-0.3, -0.25) is 4.79 Å². The van der Waals surface area contributed by atoms with Gasteiger partial charge >= 0.3 is 0 Å². The summed E-state index contributed by atoms with van der Waals surface area (Å²) >= 11 is 5.15. The van der Waals surface area contributed by atoms with Crippen LogP contribution in [-0.4, -0.2) is 28.9 Å². The first kappa shape index (κ1) is 13.3. The van der Waals surface area contributed by atoms with Crippen LogP contribution in [0, 0.1) is 23.2 Å². The molecule has 0 bridgehead atoms. The van der Waals surface area contributed by atoms with Crippen LogP contribution in [0.2, 0.25) is 0 Å². The van der Waals surface area contributed by atoms with Gasteiger partial charge in [-0.15, -0.1) is 0 Å². The summed E-state index contributed by atoms with van der Waals surface area (Å²) in [6.07, 6.45) is 7.06. The number of hydrogen-bond acceptors (Lipinski definition) is 2. The Balaban J connectivity index is 1.57. The SMILES string of the molecule is CC1(C(N)=S)CCN(C(=O)C2C3CCCCC32)CC1. The fourth-order valence-electron chi connectivity index (χ4n) is 4.04. The van der Waals surface area contributed by atoms with Gasteiger partial charge in [0.15, 0.2) is 0 Å². The molecule has 19 heavy (non-hydrogen) atoms. The smallest absolute Gasteiger partial charge is 0.226 e. The van der Waals surface area contributed by atoms with E-state index in [9.17, 15) is 4.79 Å². The Labute approximate surface area is 120 Å². The van der Waals surface area contributed by atoms with Gasteiger partial charge in [0.2, 0.25) is 5.91 Å². The fourth-order valence-corrected chi connectivity index (χ4v) is 4.24. The maximum Gasteiger partial charge on any atom is 0.226 e. The molecule has 1 aliphatic heterocycles. The number of likely N-dealkylation sites (tertiary alicyclic amines) is 1. The molecule has 2 saturated carbocycles. The number of rotatable bonds is 2. The second-order valence-corrected chi connectivity index (χ2v) is 7.33. The molecule has 4 heteroatoms. The highest BCUT2D eigenvalue weighted by Gasteiger charge is 2.56. The fraction of sp³-hybridized carbons (Fsp3) is 0.867. The highest BCUT2D eigenvalue weighted by molar-refractivity contribution is 7.80. The maximum atomic E-state index is 12.6. The molecule has 1 amide bonds. The third kappa shape index (κ3) is 2.28. The summed E-state index contributed by atoms with van der Waals surface area (Å²) in [6, 6.07) is 0. The molecule has 2 unspecified atom stereocenters. The number of nitrogens with two attached hydrogens (primary N) is 1. The summed E-state index contributed by atoms with van der Waals surface area (Å²) in [5.74, 6) is 2.20. The minimum absolute atomic E-state index is 0.0393. The number of amides is 1. The first-order valence-electron chi connectivity index (χ1n) is 7.62. The van der Waals surface area contributed by atoms with E-state index in [1.807, 2.05) is 0 Å². The molecule has 3 rings (SSSR count). The van der Waals surface area contributed by atoms with Crippen LogP contribution in [0.5, 0.6) is 0 Å². The van der Waals surface area contributed by atoms with E-state index in [-0.39, 0.29) is 5.41 Å². The lowest BCUT2D eigenvalue weighted by Gasteiger charge is -2.38. The number of carbonyl (C=O) groups excluding carboxylic acids is 1. The molecule has 2 atom stereocenters. The van der Waals surface area contributed by atoms with Crippen molar-refractivity contribution in [3.63, 3.8) is 0 Å². The zero-order valence-electron chi connectivity index (χ0n) is 11.7. The van der Waals surface area contributed by atoms with Gasteiger partial charge in [0.05, 0.1) is 4.99 Å². The van der Waals surface area contributed by atoms with E-state index < -0.39 is 0 Å². The number of hydrogen-bond donors (Lipinski definition) is 1. The number of piperidine rings is 1. The van der Waals surface area contributed by atoms with Gasteiger partial charge in [0.1, 0.15) is 0 Å². The summed E-state index contributed by atoms with van der Waals surface area (Å²) in [5.41, 5.74) is 5.78.